The van der Waals surface area contributed by atoms with Crippen molar-refractivity contribution in [2.24, 2.45) is 0 Å². The van der Waals surface area contributed by atoms with Crippen LogP contribution < -0.4 is 10.1 Å². The van der Waals surface area contributed by atoms with Crippen molar-refractivity contribution in [3.63, 3.8) is 0 Å². The molecule has 1 N–H and O–H groups in total. The minimum atomic E-state index is 0.196. The number of hydrogen-bond donors (Lipinski definition) is 1. The number of thiophene rings is 1. The average Bonchev–Trinajstić information content (AvgIpc) is 3.21. The van der Waals surface area contributed by atoms with Crippen LogP contribution >= 0.6 is 11.3 Å². The minimum absolute atomic E-state index is 0.196. The second kappa shape index (κ2) is 9.90. The second-order valence-corrected chi connectivity index (χ2v) is 8.66. The van der Waals surface area contributed by atoms with Crippen LogP contribution in [0.4, 0.5) is 0 Å². The van der Waals surface area contributed by atoms with Gasteiger partial charge in [0.1, 0.15) is 5.75 Å². The van der Waals surface area contributed by atoms with Gasteiger partial charge < -0.3 is 10.1 Å². The standard InChI is InChI=1S/C25H31NOS/c1-18(2)27-23-13-11-22(12-14-23)24(21-9-7-19(3)8-10-21)15-16-26-20(4)25-6-5-17-28-25/h5-14,17-18,20,24,26H,15-16H2,1-4H3/t20-,24-/m1/s1. The molecule has 28 heavy (non-hydrogen) atoms. The molecular formula is C25H31NOS. The van der Waals surface area contributed by atoms with Gasteiger partial charge in [0.25, 0.3) is 0 Å². The fourth-order valence-corrected chi connectivity index (χ4v) is 4.22. The maximum absolute atomic E-state index is 5.81. The molecule has 0 aliphatic rings. The predicted octanol–water partition coefficient (Wildman–Crippen LogP) is 6.72. The third-order valence-corrected chi connectivity index (χ3v) is 6.04. The third kappa shape index (κ3) is 5.70. The summed E-state index contributed by atoms with van der Waals surface area (Å²) in [5.41, 5.74) is 4.01. The largest absolute Gasteiger partial charge is 0.491 e. The van der Waals surface area contributed by atoms with Crippen LogP contribution in [0.25, 0.3) is 0 Å². The molecule has 0 saturated carbocycles. The zero-order valence-electron chi connectivity index (χ0n) is 17.3. The lowest BCUT2D eigenvalue weighted by molar-refractivity contribution is 0.242. The first-order chi connectivity index (χ1) is 13.5. The topological polar surface area (TPSA) is 21.3 Å². The molecule has 0 unspecified atom stereocenters. The van der Waals surface area contributed by atoms with Crippen LogP contribution in [0, 0.1) is 6.92 Å². The van der Waals surface area contributed by atoms with Crippen LogP contribution in [0.1, 0.15) is 60.7 Å². The van der Waals surface area contributed by atoms with Gasteiger partial charge in [-0.3, -0.25) is 0 Å². The monoisotopic (exact) mass is 393 g/mol. The van der Waals surface area contributed by atoms with Crippen LogP contribution in [0.5, 0.6) is 5.75 Å². The lowest BCUT2D eigenvalue weighted by Gasteiger charge is -2.21. The Morgan fingerprint density at radius 1 is 0.893 bits per heavy atom. The smallest absolute Gasteiger partial charge is 0.119 e. The van der Waals surface area contributed by atoms with Crippen molar-refractivity contribution in [3.05, 3.63) is 87.6 Å². The van der Waals surface area contributed by atoms with Crippen LogP contribution in [-0.4, -0.2) is 12.6 Å². The Morgan fingerprint density at radius 3 is 2.11 bits per heavy atom. The van der Waals surface area contributed by atoms with E-state index in [2.05, 4.69) is 99.1 Å². The highest BCUT2D eigenvalue weighted by molar-refractivity contribution is 7.10. The molecule has 3 aromatic rings. The van der Waals surface area contributed by atoms with Gasteiger partial charge in [0.15, 0.2) is 0 Å². The van der Waals surface area contributed by atoms with Crippen molar-refractivity contribution in [1.82, 2.24) is 5.32 Å². The fraction of sp³-hybridized carbons (Fsp3) is 0.360. The molecule has 0 saturated heterocycles. The van der Waals surface area contributed by atoms with Gasteiger partial charge in [0.2, 0.25) is 0 Å². The maximum atomic E-state index is 5.81. The molecule has 148 valence electrons. The summed E-state index contributed by atoms with van der Waals surface area (Å²) in [5.74, 6) is 1.31. The van der Waals surface area contributed by atoms with Crippen molar-refractivity contribution in [2.45, 2.75) is 52.2 Å². The molecule has 1 aromatic heterocycles. The molecule has 0 aliphatic carbocycles. The van der Waals surface area contributed by atoms with Gasteiger partial charge in [0.05, 0.1) is 6.10 Å². The van der Waals surface area contributed by atoms with Crippen molar-refractivity contribution in [3.8, 4) is 5.75 Å². The van der Waals surface area contributed by atoms with E-state index < -0.39 is 0 Å². The average molecular weight is 394 g/mol. The summed E-state index contributed by atoms with van der Waals surface area (Å²) >= 11 is 1.81. The number of rotatable bonds is 9. The molecule has 0 aliphatic heterocycles. The summed E-state index contributed by atoms with van der Waals surface area (Å²) in [6, 6.07) is 22.3. The van der Waals surface area contributed by atoms with Gasteiger partial charge in [-0.1, -0.05) is 48.0 Å². The maximum Gasteiger partial charge on any atom is 0.119 e. The first-order valence-corrected chi connectivity index (χ1v) is 11.0. The van der Waals surface area contributed by atoms with Crippen LogP contribution in [-0.2, 0) is 0 Å². The van der Waals surface area contributed by atoms with E-state index in [0.717, 1.165) is 18.7 Å². The molecule has 1 heterocycles. The Kier molecular flexibility index (Phi) is 7.30. The zero-order valence-corrected chi connectivity index (χ0v) is 18.1. The summed E-state index contributed by atoms with van der Waals surface area (Å²) in [5, 5.41) is 5.83. The second-order valence-electron chi connectivity index (χ2n) is 7.68. The Morgan fingerprint density at radius 2 is 1.54 bits per heavy atom. The van der Waals surface area contributed by atoms with E-state index in [1.54, 1.807) is 0 Å². The van der Waals surface area contributed by atoms with Crippen LogP contribution in [0.3, 0.4) is 0 Å². The van der Waals surface area contributed by atoms with E-state index in [9.17, 15) is 0 Å². The third-order valence-electron chi connectivity index (χ3n) is 4.99. The Labute approximate surface area is 173 Å². The quantitative estimate of drug-likeness (QED) is 0.436. The van der Waals surface area contributed by atoms with Gasteiger partial charge in [-0.25, -0.2) is 0 Å². The SMILES string of the molecule is Cc1ccc([C@@H](CCN[C@H](C)c2cccs2)c2ccc(OC(C)C)cc2)cc1. The molecule has 0 bridgehead atoms. The van der Waals surface area contributed by atoms with Gasteiger partial charge in [-0.15, -0.1) is 11.3 Å². The number of nitrogens with one attached hydrogen (secondary N) is 1. The highest BCUT2D eigenvalue weighted by Gasteiger charge is 2.15. The first kappa shape index (κ1) is 20.6. The predicted molar refractivity (Wildman–Crippen MR) is 121 cm³/mol. The van der Waals surface area contributed by atoms with Gasteiger partial charge in [0, 0.05) is 16.8 Å². The molecule has 0 radical (unpaired) electrons. The van der Waals surface area contributed by atoms with Gasteiger partial charge in [-0.05, 0) is 75.4 Å². The summed E-state index contributed by atoms with van der Waals surface area (Å²) in [4.78, 5) is 1.39. The summed E-state index contributed by atoms with van der Waals surface area (Å²) in [6.07, 6.45) is 1.25. The molecule has 0 spiro atoms. The Bertz CT molecular complexity index is 822. The van der Waals surface area contributed by atoms with Crippen molar-refractivity contribution < 1.29 is 4.74 Å². The number of aryl methyl sites for hydroxylation is 1. The van der Waals surface area contributed by atoms with Crippen molar-refractivity contribution in [2.75, 3.05) is 6.54 Å². The minimum Gasteiger partial charge on any atom is -0.491 e. The highest BCUT2D eigenvalue weighted by atomic mass is 32.1. The van der Waals surface area contributed by atoms with E-state index in [0.29, 0.717) is 12.0 Å². The van der Waals surface area contributed by atoms with E-state index in [1.807, 2.05) is 11.3 Å². The molecule has 0 fully saturated rings. The Hall–Kier alpha value is -2.10. The van der Waals surface area contributed by atoms with E-state index in [1.165, 1.54) is 21.6 Å². The Balaban J connectivity index is 1.72. The number of benzene rings is 2. The first-order valence-electron chi connectivity index (χ1n) is 10.1. The summed E-state index contributed by atoms with van der Waals surface area (Å²) in [7, 11) is 0. The molecule has 0 amide bonds. The number of ether oxygens (including phenoxy) is 1. The number of hydrogen-bond acceptors (Lipinski definition) is 3. The zero-order chi connectivity index (χ0) is 19.9. The normalized spacial score (nSPS) is 13.5. The van der Waals surface area contributed by atoms with Crippen molar-refractivity contribution in [1.29, 1.82) is 0 Å². The van der Waals surface area contributed by atoms with Crippen LogP contribution in [0.2, 0.25) is 0 Å². The van der Waals surface area contributed by atoms with E-state index in [4.69, 9.17) is 4.74 Å². The van der Waals surface area contributed by atoms with E-state index in [-0.39, 0.29) is 6.10 Å². The molecule has 3 rings (SSSR count). The van der Waals surface area contributed by atoms with Gasteiger partial charge >= 0.3 is 0 Å². The molecule has 2 atom stereocenters. The van der Waals surface area contributed by atoms with E-state index >= 15 is 0 Å². The van der Waals surface area contributed by atoms with Crippen molar-refractivity contribution >= 4 is 11.3 Å². The molecule has 3 heteroatoms. The van der Waals surface area contributed by atoms with Crippen LogP contribution in [0.15, 0.2) is 66.0 Å². The fourth-order valence-electron chi connectivity index (χ4n) is 3.46. The molecular weight excluding hydrogens is 362 g/mol. The lowest BCUT2D eigenvalue weighted by Crippen LogP contribution is -2.21. The highest BCUT2D eigenvalue weighted by Crippen LogP contribution is 2.30. The summed E-state index contributed by atoms with van der Waals surface area (Å²) in [6.45, 7) is 9.47. The van der Waals surface area contributed by atoms with Gasteiger partial charge in [-0.2, -0.15) is 0 Å². The summed E-state index contributed by atoms with van der Waals surface area (Å²) < 4.78 is 5.81. The molecule has 2 aromatic carbocycles. The lowest BCUT2D eigenvalue weighted by atomic mass is 9.88. The molecule has 2 nitrogen and oxygen atoms in total.